The van der Waals surface area contributed by atoms with Crippen molar-refractivity contribution in [2.45, 2.75) is 37.4 Å². The summed E-state index contributed by atoms with van der Waals surface area (Å²) in [5.74, 6) is -1.47. The van der Waals surface area contributed by atoms with Crippen LogP contribution in [0.2, 0.25) is 0 Å². The maximum atomic E-state index is 13.3. The van der Waals surface area contributed by atoms with E-state index in [4.69, 9.17) is 0 Å². The van der Waals surface area contributed by atoms with Gasteiger partial charge in [-0.1, -0.05) is 60.7 Å². The lowest BCUT2D eigenvalue weighted by molar-refractivity contribution is -0.147. The zero-order chi connectivity index (χ0) is 22.9. The number of amides is 1. The minimum Gasteiger partial charge on any atom is -0.480 e. The first kappa shape index (κ1) is 23.8. The second kappa shape index (κ2) is 11.7. The molecule has 3 atom stereocenters. The smallest absolute Gasteiger partial charge is 0.323 e. The number of nitrogens with one attached hydrogen (secondary N) is 1. The van der Waals surface area contributed by atoms with Crippen LogP contribution in [0.4, 0.5) is 0 Å². The molecule has 0 saturated carbocycles. The molecule has 3 unspecified atom stereocenters. The Morgan fingerprint density at radius 2 is 1.62 bits per heavy atom. The highest BCUT2D eigenvalue weighted by Gasteiger charge is 2.36. The summed E-state index contributed by atoms with van der Waals surface area (Å²) in [5, 5.41) is 22.1. The number of aliphatic carboxylic acids is 2. The van der Waals surface area contributed by atoms with Crippen molar-refractivity contribution in [3.05, 3.63) is 71.8 Å². The number of benzene rings is 2. The Morgan fingerprint density at radius 1 is 1.00 bits per heavy atom. The molecule has 0 spiro atoms. The molecule has 8 heteroatoms. The molecule has 2 aromatic carbocycles. The molecule has 170 valence electrons. The SMILES string of the molecule is O=C(O)CN1C(=O)C(NC(CCc2ccccc2)C(=O)O)CSCC1Cc1ccccc1. The van der Waals surface area contributed by atoms with Crippen LogP contribution in [0.3, 0.4) is 0 Å². The summed E-state index contributed by atoms with van der Waals surface area (Å²) < 4.78 is 0. The molecule has 1 aliphatic rings. The average Bonchev–Trinajstić information content (AvgIpc) is 2.91. The predicted octanol–water partition coefficient (Wildman–Crippen LogP) is 2.30. The molecular formula is C24H28N2O5S. The van der Waals surface area contributed by atoms with Gasteiger partial charge in [0.2, 0.25) is 5.91 Å². The summed E-state index contributed by atoms with van der Waals surface area (Å²) in [4.78, 5) is 38.1. The summed E-state index contributed by atoms with van der Waals surface area (Å²) in [6.07, 6.45) is 1.45. The van der Waals surface area contributed by atoms with Crippen LogP contribution in [0, 0.1) is 0 Å². The van der Waals surface area contributed by atoms with Gasteiger partial charge in [0, 0.05) is 17.5 Å². The first-order valence-electron chi connectivity index (χ1n) is 10.6. The van der Waals surface area contributed by atoms with Crippen LogP contribution in [0.5, 0.6) is 0 Å². The number of carbonyl (C=O) groups is 3. The quantitative estimate of drug-likeness (QED) is 0.504. The third-order valence-corrected chi connectivity index (χ3v) is 6.69. The van der Waals surface area contributed by atoms with E-state index >= 15 is 0 Å². The molecule has 7 nitrogen and oxygen atoms in total. The molecular weight excluding hydrogens is 428 g/mol. The minimum absolute atomic E-state index is 0.273. The first-order chi connectivity index (χ1) is 15.4. The number of aryl methyl sites for hydroxylation is 1. The third kappa shape index (κ3) is 6.83. The summed E-state index contributed by atoms with van der Waals surface area (Å²) >= 11 is 1.54. The van der Waals surface area contributed by atoms with E-state index < -0.39 is 30.6 Å². The third-order valence-electron chi connectivity index (χ3n) is 5.50. The van der Waals surface area contributed by atoms with Crippen LogP contribution in [0.25, 0.3) is 0 Å². The normalized spacial score (nSPS) is 19.9. The Morgan fingerprint density at radius 3 is 2.22 bits per heavy atom. The van der Waals surface area contributed by atoms with Gasteiger partial charge < -0.3 is 15.1 Å². The number of carboxylic acids is 2. The van der Waals surface area contributed by atoms with E-state index in [0.717, 1.165) is 11.1 Å². The van der Waals surface area contributed by atoms with Crippen molar-refractivity contribution in [1.29, 1.82) is 0 Å². The fourth-order valence-corrected chi connectivity index (χ4v) is 5.05. The minimum atomic E-state index is -1.08. The lowest BCUT2D eigenvalue weighted by Crippen LogP contribution is -2.55. The van der Waals surface area contributed by atoms with E-state index in [2.05, 4.69) is 5.32 Å². The lowest BCUT2D eigenvalue weighted by Gasteiger charge is -2.31. The molecule has 1 saturated heterocycles. The lowest BCUT2D eigenvalue weighted by atomic mass is 10.0. The second-order valence-corrected chi connectivity index (χ2v) is 8.95. The molecule has 1 amide bonds. The zero-order valence-electron chi connectivity index (χ0n) is 17.7. The Kier molecular flexibility index (Phi) is 8.70. The van der Waals surface area contributed by atoms with Crippen LogP contribution < -0.4 is 5.32 Å². The van der Waals surface area contributed by atoms with Crippen molar-refractivity contribution in [2.24, 2.45) is 0 Å². The largest absolute Gasteiger partial charge is 0.480 e. The molecule has 0 radical (unpaired) electrons. The maximum absolute atomic E-state index is 13.3. The van der Waals surface area contributed by atoms with Gasteiger partial charge in [-0.2, -0.15) is 11.8 Å². The number of hydrogen-bond donors (Lipinski definition) is 3. The van der Waals surface area contributed by atoms with Crippen LogP contribution in [0.1, 0.15) is 17.5 Å². The Hall–Kier alpha value is -2.84. The monoisotopic (exact) mass is 456 g/mol. The number of hydrogen-bond acceptors (Lipinski definition) is 5. The Labute approximate surface area is 191 Å². The fourth-order valence-electron chi connectivity index (χ4n) is 3.87. The van der Waals surface area contributed by atoms with Gasteiger partial charge in [0.15, 0.2) is 0 Å². The highest BCUT2D eigenvalue weighted by molar-refractivity contribution is 7.99. The van der Waals surface area contributed by atoms with Gasteiger partial charge in [-0.25, -0.2) is 0 Å². The number of carbonyl (C=O) groups excluding carboxylic acids is 1. The van der Waals surface area contributed by atoms with E-state index in [1.165, 1.54) is 4.90 Å². The van der Waals surface area contributed by atoms with E-state index in [-0.39, 0.29) is 11.9 Å². The fraction of sp³-hybridized carbons (Fsp3) is 0.375. The average molecular weight is 457 g/mol. The predicted molar refractivity (Wildman–Crippen MR) is 124 cm³/mol. The number of rotatable bonds is 10. The molecule has 2 aromatic rings. The van der Waals surface area contributed by atoms with Crippen molar-refractivity contribution < 1.29 is 24.6 Å². The van der Waals surface area contributed by atoms with E-state index in [1.807, 2.05) is 60.7 Å². The second-order valence-electron chi connectivity index (χ2n) is 7.88. The van der Waals surface area contributed by atoms with Gasteiger partial charge >= 0.3 is 11.9 Å². The molecule has 1 fully saturated rings. The van der Waals surface area contributed by atoms with Gasteiger partial charge in [0.25, 0.3) is 0 Å². The highest BCUT2D eigenvalue weighted by atomic mass is 32.2. The van der Waals surface area contributed by atoms with Gasteiger partial charge in [0.1, 0.15) is 12.6 Å². The van der Waals surface area contributed by atoms with Crippen molar-refractivity contribution in [1.82, 2.24) is 10.2 Å². The molecule has 32 heavy (non-hydrogen) atoms. The maximum Gasteiger partial charge on any atom is 0.323 e. The molecule has 0 aliphatic carbocycles. The highest BCUT2D eigenvalue weighted by Crippen LogP contribution is 2.22. The van der Waals surface area contributed by atoms with Crippen molar-refractivity contribution in [3.63, 3.8) is 0 Å². The standard InChI is InChI=1S/C24H28N2O5S/c27-22(28)14-26-19(13-18-9-5-2-6-10-18)15-32-16-21(23(26)29)25-20(24(30)31)12-11-17-7-3-1-4-8-17/h1-10,19-21,25H,11-16H2,(H,27,28)(H,30,31). The van der Waals surface area contributed by atoms with Gasteiger partial charge in [-0.05, 0) is 30.4 Å². The number of thioether (sulfide) groups is 1. The molecule has 3 N–H and O–H groups in total. The van der Waals surface area contributed by atoms with Crippen LogP contribution in [-0.2, 0) is 27.2 Å². The van der Waals surface area contributed by atoms with E-state index in [9.17, 15) is 24.6 Å². The van der Waals surface area contributed by atoms with Crippen LogP contribution in [-0.4, -0.2) is 69.1 Å². The summed E-state index contributed by atoms with van der Waals surface area (Å²) in [6.45, 7) is -0.406. The summed E-state index contributed by atoms with van der Waals surface area (Å²) in [5.41, 5.74) is 2.05. The molecule has 1 aliphatic heterocycles. The van der Waals surface area contributed by atoms with Crippen LogP contribution in [0.15, 0.2) is 60.7 Å². The molecule has 1 heterocycles. The number of nitrogens with zero attached hydrogens (tertiary/aromatic N) is 1. The molecule has 3 rings (SSSR count). The van der Waals surface area contributed by atoms with Crippen molar-refractivity contribution in [3.8, 4) is 0 Å². The Balaban J connectivity index is 1.71. The van der Waals surface area contributed by atoms with E-state index in [0.29, 0.717) is 30.8 Å². The number of carboxylic acid groups (broad SMARTS) is 2. The zero-order valence-corrected chi connectivity index (χ0v) is 18.5. The topological polar surface area (TPSA) is 107 Å². The molecule has 0 bridgehead atoms. The van der Waals surface area contributed by atoms with E-state index in [1.54, 1.807) is 11.8 Å². The Bertz CT molecular complexity index is 909. The van der Waals surface area contributed by atoms with Gasteiger partial charge in [-0.15, -0.1) is 0 Å². The first-order valence-corrected chi connectivity index (χ1v) is 11.8. The van der Waals surface area contributed by atoms with Gasteiger partial charge in [-0.3, -0.25) is 19.7 Å². The summed E-state index contributed by atoms with van der Waals surface area (Å²) in [6, 6.07) is 17.3. The van der Waals surface area contributed by atoms with Gasteiger partial charge in [0.05, 0.1) is 6.04 Å². The van der Waals surface area contributed by atoms with Crippen molar-refractivity contribution >= 4 is 29.6 Å². The van der Waals surface area contributed by atoms with Crippen LogP contribution >= 0.6 is 11.8 Å². The van der Waals surface area contributed by atoms with Crippen molar-refractivity contribution in [2.75, 3.05) is 18.1 Å². The molecule has 0 aromatic heterocycles. The summed E-state index contributed by atoms with van der Waals surface area (Å²) in [7, 11) is 0.